The van der Waals surface area contributed by atoms with Crippen LogP contribution in [0.25, 0.3) is 0 Å². The number of aromatic nitrogens is 2. The van der Waals surface area contributed by atoms with Gasteiger partial charge in [0.1, 0.15) is 17.4 Å². The van der Waals surface area contributed by atoms with Gasteiger partial charge in [-0.25, -0.2) is 8.42 Å². The molecule has 7 nitrogen and oxygen atoms in total. The molecule has 1 N–H and O–H groups in total. The molecule has 0 amide bonds. The van der Waals surface area contributed by atoms with Crippen LogP contribution in [0.4, 0.5) is 0 Å². The lowest BCUT2D eigenvalue weighted by Gasteiger charge is -2.36. The van der Waals surface area contributed by atoms with Gasteiger partial charge in [-0.05, 0) is 31.2 Å². The Morgan fingerprint density at radius 3 is 2.57 bits per heavy atom. The summed E-state index contributed by atoms with van der Waals surface area (Å²) in [6.07, 6.45) is 0. The Kier molecular flexibility index (Phi) is 4.62. The Morgan fingerprint density at radius 2 is 2.00 bits per heavy atom. The van der Waals surface area contributed by atoms with Gasteiger partial charge in [-0.3, -0.25) is 0 Å². The lowest BCUT2D eigenvalue weighted by Crippen LogP contribution is -2.51. The number of rotatable bonds is 6. The summed E-state index contributed by atoms with van der Waals surface area (Å²) in [5.74, 6) is 0.622. The van der Waals surface area contributed by atoms with Crippen molar-refractivity contribution in [3.63, 3.8) is 0 Å². The third kappa shape index (κ3) is 3.52. The van der Waals surface area contributed by atoms with Crippen molar-refractivity contribution in [2.24, 2.45) is 5.92 Å². The number of aliphatic hydroxyl groups is 1. The Balaban J connectivity index is 1.62. The van der Waals surface area contributed by atoms with Gasteiger partial charge in [0, 0.05) is 25.6 Å². The van der Waals surface area contributed by atoms with Crippen molar-refractivity contribution >= 4 is 21.4 Å². The van der Waals surface area contributed by atoms with Gasteiger partial charge in [-0.1, -0.05) is 11.3 Å². The van der Waals surface area contributed by atoms with Crippen LogP contribution in [0.15, 0.2) is 29.2 Å². The number of nitrogens with zero attached hydrogens (tertiary/aromatic N) is 3. The summed E-state index contributed by atoms with van der Waals surface area (Å²) in [6, 6.07) is 6.32. The number of hydrogen-bond donors (Lipinski definition) is 1. The maximum absolute atomic E-state index is 12.4. The quantitative estimate of drug-likeness (QED) is 0.832. The molecule has 0 radical (unpaired) electrons. The molecule has 3 rings (SSSR count). The molecule has 0 aliphatic carbocycles. The zero-order chi connectivity index (χ0) is 16.4. The van der Waals surface area contributed by atoms with E-state index in [1.165, 1.54) is 27.8 Å². The highest BCUT2D eigenvalue weighted by atomic mass is 32.2. The maximum Gasteiger partial charge on any atom is 0.243 e. The van der Waals surface area contributed by atoms with Crippen molar-refractivity contribution in [1.29, 1.82) is 0 Å². The molecule has 0 spiro atoms. The number of aryl methyl sites for hydroxylation is 1. The number of ether oxygens (including phenoxy) is 1. The highest BCUT2D eigenvalue weighted by molar-refractivity contribution is 7.89. The van der Waals surface area contributed by atoms with E-state index in [0.717, 1.165) is 10.0 Å². The zero-order valence-electron chi connectivity index (χ0n) is 12.5. The van der Waals surface area contributed by atoms with Crippen LogP contribution in [-0.2, 0) is 16.6 Å². The summed E-state index contributed by atoms with van der Waals surface area (Å²) in [7, 11) is -3.48. The highest BCUT2D eigenvalue weighted by Crippen LogP contribution is 2.26. The van der Waals surface area contributed by atoms with Crippen LogP contribution < -0.4 is 4.74 Å². The second-order valence-corrected chi connectivity index (χ2v) is 8.55. The molecular formula is C14H17N3O4S2. The first kappa shape index (κ1) is 16.3. The number of hydrogen-bond acceptors (Lipinski definition) is 7. The summed E-state index contributed by atoms with van der Waals surface area (Å²) in [6.45, 7) is 2.94. The van der Waals surface area contributed by atoms with Crippen molar-refractivity contribution in [3.05, 3.63) is 34.3 Å². The molecule has 124 valence electrons. The smallest absolute Gasteiger partial charge is 0.243 e. The normalized spacial score (nSPS) is 16.3. The monoisotopic (exact) mass is 355 g/mol. The molecule has 2 aromatic rings. The van der Waals surface area contributed by atoms with Gasteiger partial charge in [-0.15, -0.1) is 10.2 Å². The fourth-order valence-corrected chi connectivity index (χ4v) is 4.45. The minimum atomic E-state index is -3.48. The first-order chi connectivity index (χ1) is 11.0. The highest BCUT2D eigenvalue weighted by Gasteiger charge is 2.36. The van der Waals surface area contributed by atoms with E-state index < -0.39 is 10.0 Å². The molecule has 23 heavy (non-hydrogen) atoms. The van der Waals surface area contributed by atoms with Crippen LogP contribution in [0.3, 0.4) is 0 Å². The molecule has 1 aromatic carbocycles. The molecule has 2 heterocycles. The van der Waals surface area contributed by atoms with E-state index in [2.05, 4.69) is 10.2 Å². The molecule has 1 saturated heterocycles. The fraction of sp³-hybridized carbons (Fsp3) is 0.429. The first-order valence-corrected chi connectivity index (χ1v) is 9.37. The summed E-state index contributed by atoms with van der Waals surface area (Å²) in [5, 5.41) is 18.5. The van der Waals surface area contributed by atoms with Gasteiger partial charge in [-0.2, -0.15) is 4.31 Å². The number of sulfonamides is 1. The number of aliphatic hydroxyl groups excluding tert-OH is 1. The molecule has 9 heteroatoms. The molecule has 1 aromatic heterocycles. The zero-order valence-corrected chi connectivity index (χ0v) is 14.2. The average molecular weight is 355 g/mol. The second-order valence-electron chi connectivity index (χ2n) is 5.35. The van der Waals surface area contributed by atoms with Gasteiger partial charge in [0.05, 0.1) is 4.90 Å². The van der Waals surface area contributed by atoms with Gasteiger partial charge >= 0.3 is 0 Å². The molecule has 1 aliphatic rings. The van der Waals surface area contributed by atoms with E-state index in [9.17, 15) is 8.42 Å². The van der Waals surface area contributed by atoms with E-state index >= 15 is 0 Å². The van der Waals surface area contributed by atoms with Gasteiger partial charge in [0.15, 0.2) is 5.01 Å². The summed E-state index contributed by atoms with van der Waals surface area (Å²) in [4.78, 5) is 0.230. The molecule has 1 aliphatic heterocycles. The molecule has 0 bridgehead atoms. The Bertz CT molecular complexity index is 768. The van der Waals surface area contributed by atoms with Gasteiger partial charge in [0.2, 0.25) is 10.0 Å². The summed E-state index contributed by atoms with van der Waals surface area (Å²) < 4.78 is 31.7. The summed E-state index contributed by atoms with van der Waals surface area (Å²) >= 11 is 1.46. The molecular weight excluding hydrogens is 338 g/mol. The van der Waals surface area contributed by atoms with Crippen LogP contribution in [-0.4, -0.2) is 47.7 Å². The predicted octanol–water partition coefficient (Wildman–Crippen LogP) is 1.04. The topological polar surface area (TPSA) is 92.6 Å². The number of benzene rings is 1. The van der Waals surface area contributed by atoms with Crippen LogP contribution in [0, 0.1) is 12.8 Å². The van der Waals surface area contributed by atoms with Crippen molar-refractivity contribution in [3.8, 4) is 5.75 Å². The molecule has 0 saturated carbocycles. The van der Waals surface area contributed by atoms with E-state index in [1.807, 2.05) is 6.92 Å². The Hall–Kier alpha value is -1.55. The molecule has 0 atom stereocenters. The van der Waals surface area contributed by atoms with Crippen molar-refractivity contribution in [2.75, 3.05) is 19.7 Å². The maximum atomic E-state index is 12.4. The largest absolute Gasteiger partial charge is 0.486 e. The van der Waals surface area contributed by atoms with E-state index in [-0.39, 0.29) is 17.4 Å². The fourth-order valence-electron chi connectivity index (χ4n) is 2.23. The van der Waals surface area contributed by atoms with Crippen molar-refractivity contribution < 1.29 is 18.3 Å². The van der Waals surface area contributed by atoms with E-state index in [1.54, 1.807) is 12.1 Å². The van der Waals surface area contributed by atoms with Gasteiger partial charge in [0.25, 0.3) is 0 Å². The van der Waals surface area contributed by atoms with Crippen LogP contribution in [0.2, 0.25) is 0 Å². The van der Waals surface area contributed by atoms with Crippen molar-refractivity contribution in [2.45, 2.75) is 18.4 Å². The lowest BCUT2D eigenvalue weighted by atomic mass is 10.1. The molecule has 1 fully saturated rings. The van der Waals surface area contributed by atoms with Crippen LogP contribution in [0.5, 0.6) is 5.75 Å². The van der Waals surface area contributed by atoms with Crippen LogP contribution >= 0.6 is 11.3 Å². The SMILES string of the molecule is Cc1nnc(COc2ccc(S(=O)(=O)N3CC(CO)C3)cc2)s1. The lowest BCUT2D eigenvalue weighted by molar-refractivity contribution is 0.117. The average Bonchev–Trinajstić information content (AvgIpc) is 2.90. The Labute approximate surface area is 138 Å². The third-order valence-corrected chi connectivity index (χ3v) is 6.23. The Morgan fingerprint density at radius 1 is 1.30 bits per heavy atom. The molecule has 0 unspecified atom stereocenters. The third-order valence-electron chi connectivity index (χ3n) is 3.57. The summed E-state index contributed by atoms with van der Waals surface area (Å²) in [5.41, 5.74) is 0. The first-order valence-electron chi connectivity index (χ1n) is 7.12. The predicted molar refractivity (Wildman–Crippen MR) is 84.8 cm³/mol. The minimum absolute atomic E-state index is 0.0177. The van der Waals surface area contributed by atoms with Crippen molar-refractivity contribution in [1.82, 2.24) is 14.5 Å². The van der Waals surface area contributed by atoms with E-state index in [0.29, 0.717) is 25.4 Å². The van der Waals surface area contributed by atoms with Gasteiger partial charge < -0.3 is 9.84 Å². The standard InChI is InChI=1S/C14H17N3O4S2/c1-10-15-16-14(22-10)9-21-12-2-4-13(5-3-12)23(19,20)17-6-11(7-17)8-18/h2-5,11,18H,6-9H2,1H3. The minimum Gasteiger partial charge on any atom is -0.486 e. The second kappa shape index (κ2) is 6.52. The van der Waals surface area contributed by atoms with Crippen LogP contribution in [0.1, 0.15) is 10.0 Å². The van der Waals surface area contributed by atoms with E-state index in [4.69, 9.17) is 9.84 Å².